The smallest absolute Gasteiger partial charge is 0.127 e. The molecule has 0 aliphatic heterocycles. The maximum atomic E-state index is 3.53. The van der Waals surface area contributed by atoms with E-state index in [4.69, 9.17) is 0 Å². The highest BCUT2D eigenvalue weighted by Crippen LogP contribution is 2.31. The van der Waals surface area contributed by atoms with Gasteiger partial charge in [-0.05, 0) is 34.0 Å². The van der Waals surface area contributed by atoms with Crippen molar-refractivity contribution in [3.63, 3.8) is 0 Å². The van der Waals surface area contributed by atoms with Gasteiger partial charge < -0.3 is 0 Å². The average molecular weight is 288 g/mol. The minimum Gasteiger partial charge on any atom is -0.127 e. The molecule has 0 spiro atoms. The second-order valence-electron chi connectivity index (χ2n) is 6.59. The summed E-state index contributed by atoms with van der Waals surface area (Å²) in [6.07, 6.45) is 0. The molecule has 1 heteroatoms. The van der Waals surface area contributed by atoms with Crippen molar-refractivity contribution in [3.8, 4) is 11.5 Å². The monoisotopic (exact) mass is 288 g/mol. The van der Waals surface area contributed by atoms with Crippen LogP contribution in [0.15, 0.2) is 48.5 Å². The second-order valence-corrected chi connectivity index (χ2v) is 11.3. The molecule has 0 heterocycles. The number of hydrogen-bond acceptors (Lipinski definition) is 0. The van der Waals surface area contributed by atoms with Crippen LogP contribution in [-0.2, 0) is 0 Å². The highest BCUT2D eigenvalue weighted by molar-refractivity contribution is 6.83. The number of fused-ring (bicyclic) bond motifs is 2. The van der Waals surface area contributed by atoms with Gasteiger partial charge in [0.2, 0.25) is 0 Å². The lowest BCUT2D eigenvalue weighted by atomic mass is 9.93. The fourth-order valence-electron chi connectivity index (χ4n) is 2.73. The summed E-state index contributed by atoms with van der Waals surface area (Å²) in [5, 5.41) is 5.19. The van der Waals surface area contributed by atoms with Crippen LogP contribution in [-0.4, -0.2) is 8.07 Å². The summed E-state index contributed by atoms with van der Waals surface area (Å²) in [6, 6.07) is 17.2. The van der Waals surface area contributed by atoms with Crippen molar-refractivity contribution < 1.29 is 0 Å². The summed E-state index contributed by atoms with van der Waals surface area (Å²) < 4.78 is 0. The summed E-state index contributed by atoms with van der Waals surface area (Å²) in [6.45, 7) is 9.08. The molecule has 3 aromatic rings. The van der Waals surface area contributed by atoms with Crippen LogP contribution in [0.3, 0.4) is 0 Å². The minimum absolute atomic E-state index is 1.19. The van der Waals surface area contributed by atoms with Gasteiger partial charge >= 0.3 is 0 Å². The molecule has 0 amide bonds. The van der Waals surface area contributed by atoms with Gasteiger partial charge in [-0.25, -0.2) is 0 Å². The van der Waals surface area contributed by atoms with Gasteiger partial charge in [0.25, 0.3) is 0 Å². The summed E-state index contributed by atoms with van der Waals surface area (Å²) in [4.78, 5) is 0. The van der Waals surface area contributed by atoms with Gasteiger partial charge in [0, 0.05) is 5.56 Å². The number of aryl methyl sites for hydroxylation is 1. The molecule has 104 valence electrons. The normalized spacial score (nSPS) is 11.4. The molecule has 3 rings (SSSR count). The van der Waals surface area contributed by atoms with Crippen molar-refractivity contribution in [1.29, 1.82) is 0 Å². The Balaban J connectivity index is 2.48. The van der Waals surface area contributed by atoms with Crippen LogP contribution in [0.4, 0.5) is 0 Å². The first-order valence-corrected chi connectivity index (χ1v) is 10.9. The van der Waals surface area contributed by atoms with Crippen molar-refractivity contribution in [2.45, 2.75) is 26.6 Å². The third-order valence-electron chi connectivity index (χ3n) is 3.76. The molecule has 0 unspecified atom stereocenters. The molecule has 0 atom stereocenters. The minimum atomic E-state index is -1.39. The van der Waals surface area contributed by atoms with E-state index in [0.29, 0.717) is 0 Å². The summed E-state index contributed by atoms with van der Waals surface area (Å²) in [5.74, 6) is 3.51. The summed E-state index contributed by atoms with van der Waals surface area (Å²) in [5.41, 5.74) is 6.07. The van der Waals surface area contributed by atoms with E-state index in [1.807, 2.05) is 0 Å². The molecule has 3 aromatic carbocycles. The lowest BCUT2D eigenvalue weighted by Gasteiger charge is -2.11. The highest BCUT2D eigenvalue weighted by atomic mass is 28.3. The predicted molar refractivity (Wildman–Crippen MR) is 96.4 cm³/mol. The molecule has 0 aromatic heterocycles. The molecule has 0 N–H and O–H groups in total. The zero-order valence-corrected chi connectivity index (χ0v) is 14.1. The Labute approximate surface area is 127 Å². The fraction of sp³-hybridized carbons (Fsp3) is 0.200. The second kappa shape index (κ2) is 5.06. The number of rotatable bonds is 0. The van der Waals surface area contributed by atoms with Gasteiger partial charge in [0.15, 0.2) is 0 Å². The SMILES string of the molecule is Cc1c2ccccc2c(C#C[Si](C)(C)C)c2ccccc12. The first-order valence-electron chi connectivity index (χ1n) is 7.40. The molecule has 21 heavy (non-hydrogen) atoms. The maximum absolute atomic E-state index is 3.53. The summed E-state index contributed by atoms with van der Waals surface area (Å²) >= 11 is 0. The Hall–Kier alpha value is -2.04. The molecule has 0 bridgehead atoms. The molecule has 0 saturated carbocycles. The first-order chi connectivity index (χ1) is 9.97. The van der Waals surface area contributed by atoms with Crippen LogP contribution in [0.25, 0.3) is 21.5 Å². The van der Waals surface area contributed by atoms with Crippen molar-refractivity contribution >= 4 is 29.6 Å². The van der Waals surface area contributed by atoms with Crippen molar-refractivity contribution in [2.24, 2.45) is 0 Å². The molecule has 0 radical (unpaired) electrons. The quantitative estimate of drug-likeness (QED) is 0.290. The van der Waals surface area contributed by atoms with E-state index in [2.05, 4.69) is 86.6 Å². The van der Waals surface area contributed by atoms with Crippen LogP contribution in [0.1, 0.15) is 11.1 Å². The van der Waals surface area contributed by atoms with Gasteiger partial charge in [0.05, 0.1) is 0 Å². The van der Waals surface area contributed by atoms with E-state index in [0.717, 1.165) is 0 Å². The van der Waals surface area contributed by atoms with Gasteiger partial charge in [0.1, 0.15) is 8.07 Å². The first kappa shape index (κ1) is 13.9. The molecule has 0 aliphatic rings. The third kappa shape index (κ3) is 2.60. The predicted octanol–water partition coefficient (Wildman–Crippen LogP) is 5.53. The van der Waals surface area contributed by atoms with Crippen LogP contribution >= 0.6 is 0 Å². The van der Waals surface area contributed by atoms with E-state index in [9.17, 15) is 0 Å². The Morgan fingerprint density at radius 2 is 1.14 bits per heavy atom. The fourth-order valence-corrected chi connectivity index (χ4v) is 3.23. The van der Waals surface area contributed by atoms with E-state index in [1.165, 1.54) is 32.7 Å². The number of benzene rings is 3. The Bertz CT molecular complexity index is 829. The lowest BCUT2D eigenvalue weighted by Crippen LogP contribution is -2.16. The molecule has 0 saturated heterocycles. The maximum Gasteiger partial charge on any atom is 0.129 e. The Morgan fingerprint density at radius 3 is 1.57 bits per heavy atom. The summed E-state index contributed by atoms with van der Waals surface area (Å²) in [7, 11) is -1.39. The van der Waals surface area contributed by atoms with Gasteiger partial charge in [-0.2, -0.15) is 0 Å². The average Bonchev–Trinajstić information content (AvgIpc) is 2.46. The van der Waals surface area contributed by atoms with Crippen LogP contribution in [0.2, 0.25) is 19.6 Å². The van der Waals surface area contributed by atoms with E-state index < -0.39 is 8.07 Å². The van der Waals surface area contributed by atoms with E-state index in [-0.39, 0.29) is 0 Å². The Kier molecular flexibility index (Phi) is 3.35. The lowest BCUT2D eigenvalue weighted by molar-refractivity contribution is 1.57. The largest absolute Gasteiger partial charge is 0.129 e. The standard InChI is InChI=1S/C20H20Si/c1-15-16-9-5-7-11-18(16)20(13-14-21(2,3)4)19-12-8-6-10-17(15)19/h5-12H,1-4H3. The zero-order valence-electron chi connectivity index (χ0n) is 13.1. The van der Waals surface area contributed by atoms with Crippen molar-refractivity contribution in [1.82, 2.24) is 0 Å². The van der Waals surface area contributed by atoms with Gasteiger partial charge in [-0.1, -0.05) is 74.1 Å². The van der Waals surface area contributed by atoms with Crippen LogP contribution < -0.4 is 0 Å². The number of hydrogen-bond donors (Lipinski definition) is 0. The van der Waals surface area contributed by atoms with Crippen molar-refractivity contribution in [2.75, 3.05) is 0 Å². The Morgan fingerprint density at radius 1 is 0.714 bits per heavy atom. The third-order valence-corrected chi connectivity index (χ3v) is 4.64. The highest BCUT2D eigenvalue weighted by Gasteiger charge is 2.11. The molecule has 0 fully saturated rings. The van der Waals surface area contributed by atoms with Crippen LogP contribution in [0, 0.1) is 18.4 Å². The van der Waals surface area contributed by atoms with E-state index in [1.54, 1.807) is 0 Å². The van der Waals surface area contributed by atoms with Gasteiger partial charge in [-0.3, -0.25) is 0 Å². The van der Waals surface area contributed by atoms with E-state index >= 15 is 0 Å². The van der Waals surface area contributed by atoms with Crippen LogP contribution in [0.5, 0.6) is 0 Å². The molecule has 0 nitrogen and oxygen atoms in total. The zero-order chi connectivity index (χ0) is 15.0. The molecule has 0 aliphatic carbocycles. The molecular formula is C20H20Si. The van der Waals surface area contributed by atoms with Gasteiger partial charge in [-0.15, -0.1) is 5.54 Å². The molecular weight excluding hydrogens is 268 g/mol. The topological polar surface area (TPSA) is 0 Å². The van der Waals surface area contributed by atoms with Crippen molar-refractivity contribution in [3.05, 3.63) is 59.7 Å².